The van der Waals surface area contributed by atoms with Crippen molar-refractivity contribution >= 4 is 46.8 Å². The Morgan fingerprint density at radius 1 is 1.03 bits per heavy atom. The van der Waals surface area contributed by atoms with Gasteiger partial charge in [-0.05, 0) is 55.0 Å². The van der Waals surface area contributed by atoms with Crippen LogP contribution < -0.4 is 4.74 Å². The van der Waals surface area contributed by atoms with Gasteiger partial charge in [-0.15, -0.1) is 0 Å². The molecule has 0 radical (unpaired) electrons. The number of hydrazone groups is 1. The smallest absolute Gasteiger partial charge is 0.283 e. The van der Waals surface area contributed by atoms with Crippen LogP contribution in [0.2, 0.25) is 10.0 Å². The van der Waals surface area contributed by atoms with E-state index in [1.165, 1.54) is 0 Å². The number of carbonyl (C=O) groups is 2. The Kier molecular flexibility index (Phi) is 6.40. The standard InChI is InChI=1S/C25H18Cl2N2O3/c1-16-22(25(31)29(28-16)24(30)18-5-3-2-4-6-18)13-17-7-11-21(12-8-17)32-15-19-9-10-20(26)14-23(19)27/h2-14H,15H2,1H3/b22-13+. The van der Waals surface area contributed by atoms with Crippen LogP contribution in [0.3, 0.4) is 0 Å². The average molecular weight is 465 g/mol. The van der Waals surface area contributed by atoms with E-state index in [-0.39, 0.29) is 0 Å². The van der Waals surface area contributed by atoms with E-state index in [1.54, 1.807) is 67.6 Å². The summed E-state index contributed by atoms with van der Waals surface area (Å²) in [5, 5.41) is 6.18. The van der Waals surface area contributed by atoms with Crippen molar-refractivity contribution in [3.63, 3.8) is 0 Å². The second-order valence-corrected chi connectivity index (χ2v) is 7.97. The third kappa shape index (κ3) is 4.74. The number of hydrogen-bond donors (Lipinski definition) is 0. The van der Waals surface area contributed by atoms with Gasteiger partial charge in [0.25, 0.3) is 11.8 Å². The quantitative estimate of drug-likeness (QED) is 0.342. The first-order valence-electron chi connectivity index (χ1n) is 9.80. The van der Waals surface area contributed by atoms with Gasteiger partial charge in [0.2, 0.25) is 0 Å². The maximum absolute atomic E-state index is 12.8. The summed E-state index contributed by atoms with van der Waals surface area (Å²) in [6.07, 6.45) is 1.71. The zero-order chi connectivity index (χ0) is 22.7. The lowest BCUT2D eigenvalue weighted by molar-refractivity contribution is -0.123. The van der Waals surface area contributed by atoms with Gasteiger partial charge in [0, 0.05) is 21.2 Å². The molecule has 4 rings (SSSR count). The number of benzene rings is 3. The topological polar surface area (TPSA) is 59.0 Å². The highest BCUT2D eigenvalue weighted by atomic mass is 35.5. The first kappa shape index (κ1) is 21.8. The molecule has 0 fully saturated rings. The van der Waals surface area contributed by atoms with E-state index in [4.69, 9.17) is 27.9 Å². The van der Waals surface area contributed by atoms with Crippen LogP contribution in [0.15, 0.2) is 83.5 Å². The summed E-state index contributed by atoms with van der Waals surface area (Å²) in [4.78, 5) is 25.4. The minimum atomic E-state index is -0.456. The van der Waals surface area contributed by atoms with Gasteiger partial charge in [-0.25, -0.2) is 0 Å². The molecule has 0 bridgehead atoms. The van der Waals surface area contributed by atoms with Crippen molar-refractivity contribution in [3.05, 3.63) is 105 Å². The van der Waals surface area contributed by atoms with Crippen molar-refractivity contribution < 1.29 is 14.3 Å². The van der Waals surface area contributed by atoms with Crippen molar-refractivity contribution in [2.45, 2.75) is 13.5 Å². The normalized spacial score (nSPS) is 14.6. The molecule has 5 nitrogen and oxygen atoms in total. The second kappa shape index (κ2) is 9.39. The molecular formula is C25H18Cl2N2O3. The molecule has 2 amide bonds. The molecule has 32 heavy (non-hydrogen) atoms. The van der Waals surface area contributed by atoms with Gasteiger partial charge in [0.1, 0.15) is 12.4 Å². The van der Waals surface area contributed by atoms with Crippen LogP contribution in [-0.4, -0.2) is 22.5 Å². The number of ether oxygens (including phenoxy) is 1. The van der Waals surface area contributed by atoms with Crippen molar-refractivity contribution in [1.29, 1.82) is 0 Å². The Morgan fingerprint density at radius 3 is 2.44 bits per heavy atom. The molecule has 0 N–H and O–H groups in total. The zero-order valence-electron chi connectivity index (χ0n) is 17.1. The van der Waals surface area contributed by atoms with E-state index in [0.717, 1.165) is 16.1 Å². The molecule has 160 valence electrons. The Bertz CT molecular complexity index is 1240. The second-order valence-electron chi connectivity index (χ2n) is 7.12. The lowest BCUT2D eigenvalue weighted by Gasteiger charge is -2.10. The molecule has 7 heteroatoms. The number of hydrogen-bond acceptors (Lipinski definition) is 4. The predicted molar refractivity (Wildman–Crippen MR) is 126 cm³/mol. The summed E-state index contributed by atoms with van der Waals surface area (Å²) in [7, 11) is 0. The molecule has 1 aliphatic rings. The van der Waals surface area contributed by atoms with E-state index in [2.05, 4.69) is 5.10 Å². The molecule has 0 aromatic heterocycles. The number of imide groups is 1. The van der Waals surface area contributed by atoms with Gasteiger partial charge >= 0.3 is 0 Å². The lowest BCUT2D eigenvalue weighted by Crippen LogP contribution is -2.29. The molecule has 0 saturated heterocycles. The number of halogens is 2. The van der Waals surface area contributed by atoms with Gasteiger partial charge < -0.3 is 4.74 Å². The third-order valence-corrected chi connectivity index (χ3v) is 5.46. The Balaban J connectivity index is 1.45. The van der Waals surface area contributed by atoms with E-state index in [9.17, 15) is 9.59 Å². The minimum absolute atomic E-state index is 0.303. The summed E-state index contributed by atoms with van der Waals surface area (Å²) in [6, 6.07) is 21.1. The van der Waals surface area contributed by atoms with Crippen LogP contribution in [-0.2, 0) is 11.4 Å². The molecule has 0 saturated carbocycles. The molecule has 0 spiro atoms. The summed E-state index contributed by atoms with van der Waals surface area (Å²) in [6.45, 7) is 2.01. The van der Waals surface area contributed by atoms with Crippen molar-refractivity contribution in [2.75, 3.05) is 0 Å². The number of nitrogens with zero attached hydrogens (tertiary/aromatic N) is 2. The number of carbonyl (C=O) groups excluding carboxylic acids is 2. The SMILES string of the molecule is CC1=NN(C(=O)c2ccccc2)C(=O)/C1=C/c1ccc(OCc2ccc(Cl)cc2Cl)cc1. The number of rotatable bonds is 5. The molecule has 3 aromatic rings. The Labute approximate surface area is 195 Å². The first-order chi connectivity index (χ1) is 15.4. The van der Waals surface area contributed by atoms with Crippen LogP contribution in [0.4, 0.5) is 0 Å². The highest BCUT2D eigenvalue weighted by Gasteiger charge is 2.32. The van der Waals surface area contributed by atoms with Crippen molar-refractivity contribution in [3.8, 4) is 5.75 Å². The van der Waals surface area contributed by atoms with Crippen LogP contribution in [0, 0.1) is 0 Å². The molecule has 3 aromatic carbocycles. The third-order valence-electron chi connectivity index (χ3n) is 4.88. The minimum Gasteiger partial charge on any atom is -0.489 e. The monoisotopic (exact) mass is 464 g/mol. The van der Waals surface area contributed by atoms with E-state index < -0.39 is 11.8 Å². The number of amides is 2. The Morgan fingerprint density at radius 2 is 1.75 bits per heavy atom. The van der Waals surface area contributed by atoms with Gasteiger partial charge in [0.15, 0.2) is 0 Å². The van der Waals surface area contributed by atoms with Crippen LogP contribution >= 0.6 is 23.2 Å². The molecule has 1 aliphatic heterocycles. The molecule has 0 atom stereocenters. The largest absolute Gasteiger partial charge is 0.489 e. The highest BCUT2D eigenvalue weighted by Crippen LogP contribution is 2.24. The lowest BCUT2D eigenvalue weighted by atomic mass is 10.1. The van der Waals surface area contributed by atoms with Gasteiger partial charge in [-0.3, -0.25) is 9.59 Å². The molecule has 0 aliphatic carbocycles. The van der Waals surface area contributed by atoms with Crippen LogP contribution in [0.25, 0.3) is 6.08 Å². The summed E-state index contributed by atoms with van der Waals surface area (Å²) in [5.41, 5.74) is 2.87. The Hall–Kier alpha value is -3.41. The average Bonchev–Trinajstić information content (AvgIpc) is 3.08. The van der Waals surface area contributed by atoms with Crippen molar-refractivity contribution in [2.24, 2.45) is 5.10 Å². The van der Waals surface area contributed by atoms with Crippen LogP contribution in [0.5, 0.6) is 5.75 Å². The van der Waals surface area contributed by atoms with E-state index in [0.29, 0.717) is 39.2 Å². The fourth-order valence-corrected chi connectivity index (χ4v) is 3.61. The zero-order valence-corrected chi connectivity index (χ0v) is 18.6. The molecule has 0 unspecified atom stereocenters. The van der Waals surface area contributed by atoms with E-state index >= 15 is 0 Å². The maximum atomic E-state index is 12.8. The van der Waals surface area contributed by atoms with Crippen LogP contribution in [0.1, 0.15) is 28.4 Å². The summed E-state index contributed by atoms with van der Waals surface area (Å²) < 4.78 is 5.79. The molecule has 1 heterocycles. The summed E-state index contributed by atoms with van der Waals surface area (Å²) >= 11 is 12.1. The fraction of sp³-hybridized carbons (Fsp3) is 0.0800. The van der Waals surface area contributed by atoms with Gasteiger partial charge in [-0.1, -0.05) is 59.6 Å². The molecular weight excluding hydrogens is 447 g/mol. The first-order valence-corrected chi connectivity index (χ1v) is 10.6. The van der Waals surface area contributed by atoms with Crippen molar-refractivity contribution in [1.82, 2.24) is 5.01 Å². The summed E-state index contributed by atoms with van der Waals surface area (Å²) in [5.74, 6) is -0.251. The maximum Gasteiger partial charge on any atom is 0.283 e. The van der Waals surface area contributed by atoms with Gasteiger partial charge in [-0.2, -0.15) is 10.1 Å². The highest BCUT2D eigenvalue weighted by molar-refractivity contribution is 6.35. The van der Waals surface area contributed by atoms with Gasteiger partial charge in [0.05, 0.1) is 11.3 Å². The fourth-order valence-electron chi connectivity index (χ4n) is 3.15. The predicted octanol–water partition coefficient (Wildman–Crippen LogP) is 6.01. The van der Waals surface area contributed by atoms with E-state index in [1.807, 2.05) is 18.2 Å².